The van der Waals surface area contributed by atoms with Crippen LogP contribution in [-0.2, 0) is 4.79 Å². The second kappa shape index (κ2) is 7.42. The summed E-state index contributed by atoms with van der Waals surface area (Å²) in [4.78, 5) is 32.7. The molecule has 2 saturated heterocycles. The van der Waals surface area contributed by atoms with Gasteiger partial charge in [0, 0.05) is 31.9 Å². The van der Waals surface area contributed by atoms with Gasteiger partial charge in [0.2, 0.25) is 5.91 Å². The predicted molar refractivity (Wildman–Crippen MR) is 97.3 cm³/mol. The molecule has 136 valence electrons. The van der Waals surface area contributed by atoms with Crippen LogP contribution >= 0.6 is 0 Å². The molecule has 0 spiro atoms. The number of hydrogen-bond acceptors (Lipinski definition) is 4. The van der Waals surface area contributed by atoms with E-state index in [1.54, 1.807) is 6.20 Å². The third-order valence-electron chi connectivity index (χ3n) is 5.64. The second-order valence-electron chi connectivity index (χ2n) is 7.56. The standard InChI is InChI=1S/C19H28N4O2/c1-13-7-9-22(10-8-13)19(25)15-5-6-17(21-11-15)23-12-16(18(20)24)4-3-14(23)2/h5-6,11,13-14,16H,3-4,7-10,12H2,1-2H3,(H2,20,24)/t14-,16-/m0/s1. The first-order chi connectivity index (χ1) is 12.0. The normalized spacial score (nSPS) is 25.0. The molecule has 0 aromatic carbocycles. The highest BCUT2D eigenvalue weighted by atomic mass is 16.2. The van der Waals surface area contributed by atoms with Crippen molar-refractivity contribution in [3.63, 3.8) is 0 Å². The van der Waals surface area contributed by atoms with E-state index in [4.69, 9.17) is 5.73 Å². The molecule has 6 heteroatoms. The van der Waals surface area contributed by atoms with Crippen LogP contribution < -0.4 is 10.6 Å². The molecule has 3 rings (SSSR count). The number of hydrogen-bond donors (Lipinski definition) is 1. The number of carbonyl (C=O) groups excluding carboxylic acids is 2. The van der Waals surface area contributed by atoms with Crippen molar-refractivity contribution in [2.75, 3.05) is 24.5 Å². The fraction of sp³-hybridized carbons (Fsp3) is 0.632. The van der Waals surface area contributed by atoms with Gasteiger partial charge in [0.25, 0.3) is 5.91 Å². The van der Waals surface area contributed by atoms with Gasteiger partial charge < -0.3 is 15.5 Å². The average Bonchev–Trinajstić information content (AvgIpc) is 2.62. The molecule has 6 nitrogen and oxygen atoms in total. The van der Waals surface area contributed by atoms with Gasteiger partial charge in [-0.05, 0) is 50.7 Å². The number of carbonyl (C=O) groups is 2. The van der Waals surface area contributed by atoms with Crippen molar-refractivity contribution < 1.29 is 9.59 Å². The molecule has 0 bridgehead atoms. The van der Waals surface area contributed by atoms with E-state index in [1.807, 2.05) is 17.0 Å². The largest absolute Gasteiger partial charge is 0.369 e. The van der Waals surface area contributed by atoms with Crippen molar-refractivity contribution in [3.8, 4) is 0 Å². The molecule has 2 fully saturated rings. The fourth-order valence-electron chi connectivity index (χ4n) is 3.74. The van der Waals surface area contributed by atoms with Crippen molar-refractivity contribution in [3.05, 3.63) is 23.9 Å². The molecular formula is C19H28N4O2. The van der Waals surface area contributed by atoms with Crippen molar-refractivity contribution in [2.45, 2.75) is 45.6 Å². The number of nitrogens with two attached hydrogens (primary N) is 1. The maximum atomic E-state index is 12.6. The van der Waals surface area contributed by atoms with E-state index >= 15 is 0 Å². The average molecular weight is 344 g/mol. The van der Waals surface area contributed by atoms with Gasteiger partial charge in [-0.3, -0.25) is 9.59 Å². The number of rotatable bonds is 3. The quantitative estimate of drug-likeness (QED) is 0.910. The molecule has 0 radical (unpaired) electrons. The minimum Gasteiger partial charge on any atom is -0.369 e. The summed E-state index contributed by atoms with van der Waals surface area (Å²) in [5, 5.41) is 0. The van der Waals surface area contributed by atoms with E-state index in [0.29, 0.717) is 24.1 Å². The van der Waals surface area contributed by atoms with Gasteiger partial charge in [-0.2, -0.15) is 0 Å². The summed E-state index contributed by atoms with van der Waals surface area (Å²) in [6.07, 6.45) is 5.54. The Labute approximate surface area is 149 Å². The van der Waals surface area contributed by atoms with E-state index in [-0.39, 0.29) is 17.7 Å². The van der Waals surface area contributed by atoms with E-state index in [1.165, 1.54) is 0 Å². The van der Waals surface area contributed by atoms with Crippen LogP contribution in [0.1, 0.15) is 49.9 Å². The number of pyridine rings is 1. The van der Waals surface area contributed by atoms with Gasteiger partial charge in [-0.15, -0.1) is 0 Å². The number of likely N-dealkylation sites (tertiary alicyclic amines) is 1. The minimum atomic E-state index is -0.247. The molecule has 2 aliphatic rings. The van der Waals surface area contributed by atoms with Crippen LogP contribution in [0, 0.1) is 11.8 Å². The third kappa shape index (κ3) is 3.94. The van der Waals surface area contributed by atoms with Crippen LogP contribution in [0.4, 0.5) is 5.82 Å². The Morgan fingerprint density at radius 3 is 2.44 bits per heavy atom. The summed E-state index contributed by atoms with van der Waals surface area (Å²) in [5.74, 6) is 1.19. The van der Waals surface area contributed by atoms with Crippen LogP contribution in [0.25, 0.3) is 0 Å². The maximum Gasteiger partial charge on any atom is 0.255 e. The Bertz CT molecular complexity index is 623. The lowest BCUT2D eigenvalue weighted by Gasteiger charge is -2.37. The van der Waals surface area contributed by atoms with Crippen molar-refractivity contribution >= 4 is 17.6 Å². The number of aromatic nitrogens is 1. The monoisotopic (exact) mass is 344 g/mol. The first-order valence-electron chi connectivity index (χ1n) is 9.27. The van der Waals surface area contributed by atoms with Crippen LogP contribution in [-0.4, -0.2) is 47.4 Å². The first kappa shape index (κ1) is 17.7. The number of primary amides is 1. The number of amides is 2. The topological polar surface area (TPSA) is 79.5 Å². The molecule has 0 unspecified atom stereocenters. The second-order valence-corrected chi connectivity index (χ2v) is 7.56. The molecule has 1 aromatic heterocycles. The SMILES string of the molecule is CC1CCN(C(=O)c2ccc(N3C[C@@H](C(N)=O)CC[C@@H]3C)nc2)CC1. The smallest absolute Gasteiger partial charge is 0.255 e. The molecule has 2 aliphatic heterocycles. The van der Waals surface area contributed by atoms with Crippen LogP contribution in [0.15, 0.2) is 18.3 Å². The predicted octanol–water partition coefficient (Wildman–Crippen LogP) is 2.04. The lowest BCUT2D eigenvalue weighted by Crippen LogP contribution is -2.46. The summed E-state index contributed by atoms with van der Waals surface area (Å²) < 4.78 is 0. The number of anilines is 1. The molecule has 2 N–H and O–H groups in total. The lowest BCUT2D eigenvalue weighted by molar-refractivity contribution is -0.122. The van der Waals surface area contributed by atoms with E-state index in [9.17, 15) is 9.59 Å². The summed E-state index contributed by atoms with van der Waals surface area (Å²) in [5.41, 5.74) is 6.11. The third-order valence-corrected chi connectivity index (χ3v) is 5.64. The molecule has 2 amide bonds. The maximum absolute atomic E-state index is 12.6. The minimum absolute atomic E-state index is 0.0626. The molecule has 2 atom stereocenters. The lowest BCUT2D eigenvalue weighted by atomic mass is 9.93. The number of nitrogens with zero attached hydrogens (tertiary/aromatic N) is 3. The van der Waals surface area contributed by atoms with Gasteiger partial charge >= 0.3 is 0 Å². The molecule has 3 heterocycles. The van der Waals surface area contributed by atoms with E-state index < -0.39 is 0 Å². The highest BCUT2D eigenvalue weighted by molar-refractivity contribution is 5.94. The summed E-state index contributed by atoms with van der Waals surface area (Å²) in [7, 11) is 0. The van der Waals surface area contributed by atoms with Crippen molar-refractivity contribution in [1.82, 2.24) is 9.88 Å². The summed E-state index contributed by atoms with van der Waals surface area (Å²) in [6.45, 7) is 6.61. The first-order valence-corrected chi connectivity index (χ1v) is 9.27. The zero-order chi connectivity index (χ0) is 18.0. The summed E-state index contributed by atoms with van der Waals surface area (Å²) in [6, 6.07) is 4.05. The van der Waals surface area contributed by atoms with Crippen molar-refractivity contribution in [2.24, 2.45) is 17.6 Å². The van der Waals surface area contributed by atoms with Gasteiger partial charge in [0.1, 0.15) is 5.82 Å². The Morgan fingerprint density at radius 1 is 1.12 bits per heavy atom. The Kier molecular flexibility index (Phi) is 5.25. The van der Waals surface area contributed by atoms with E-state index in [2.05, 4.69) is 23.7 Å². The molecular weight excluding hydrogens is 316 g/mol. The van der Waals surface area contributed by atoms with Gasteiger partial charge in [-0.25, -0.2) is 4.98 Å². The Hall–Kier alpha value is -2.11. The number of piperidine rings is 2. The fourth-order valence-corrected chi connectivity index (χ4v) is 3.74. The molecule has 0 saturated carbocycles. The van der Waals surface area contributed by atoms with Crippen LogP contribution in [0.5, 0.6) is 0 Å². The van der Waals surface area contributed by atoms with Crippen molar-refractivity contribution in [1.29, 1.82) is 0 Å². The highest BCUT2D eigenvalue weighted by Gasteiger charge is 2.29. The Balaban J connectivity index is 1.69. The van der Waals surface area contributed by atoms with E-state index in [0.717, 1.165) is 44.6 Å². The van der Waals surface area contributed by atoms with Crippen LogP contribution in [0.3, 0.4) is 0 Å². The van der Waals surface area contributed by atoms with Gasteiger partial charge in [0.05, 0.1) is 11.5 Å². The highest BCUT2D eigenvalue weighted by Crippen LogP contribution is 2.26. The van der Waals surface area contributed by atoms with Gasteiger partial charge in [0.15, 0.2) is 0 Å². The zero-order valence-corrected chi connectivity index (χ0v) is 15.1. The molecule has 0 aliphatic carbocycles. The Morgan fingerprint density at radius 2 is 1.84 bits per heavy atom. The van der Waals surface area contributed by atoms with Gasteiger partial charge in [-0.1, -0.05) is 6.92 Å². The molecule has 25 heavy (non-hydrogen) atoms. The molecule has 1 aromatic rings. The summed E-state index contributed by atoms with van der Waals surface area (Å²) >= 11 is 0. The van der Waals surface area contributed by atoms with Crippen LogP contribution in [0.2, 0.25) is 0 Å². The zero-order valence-electron chi connectivity index (χ0n) is 15.1.